The van der Waals surface area contributed by atoms with Crippen molar-refractivity contribution in [1.82, 2.24) is 14.7 Å². The molecule has 1 saturated heterocycles. The van der Waals surface area contributed by atoms with Crippen molar-refractivity contribution in [2.75, 3.05) is 27.4 Å². The highest BCUT2D eigenvalue weighted by Gasteiger charge is 2.49. The van der Waals surface area contributed by atoms with Crippen molar-refractivity contribution < 1.29 is 32.3 Å². The van der Waals surface area contributed by atoms with E-state index >= 15 is 0 Å². The fourth-order valence-corrected chi connectivity index (χ4v) is 2.33. The molecule has 0 atom stereocenters. The summed E-state index contributed by atoms with van der Waals surface area (Å²) in [6, 6.07) is 5.72. The average molecular weight is 359 g/mol. The Hall–Kier alpha value is -2.62. The predicted octanol–water partition coefficient (Wildman–Crippen LogP) is 1.44. The third-order valence-electron chi connectivity index (χ3n) is 3.47. The molecule has 2 rings (SSSR count). The van der Waals surface area contributed by atoms with E-state index in [0.717, 1.165) is 5.56 Å². The van der Waals surface area contributed by atoms with Gasteiger partial charge in [-0.25, -0.2) is 14.6 Å². The van der Waals surface area contributed by atoms with Gasteiger partial charge in [-0.05, 0) is 24.7 Å². The lowest BCUT2D eigenvalue weighted by atomic mass is 10.2. The lowest BCUT2D eigenvalue weighted by Gasteiger charge is -2.22. The summed E-state index contributed by atoms with van der Waals surface area (Å²) >= 11 is 0. The van der Waals surface area contributed by atoms with Gasteiger partial charge in [-0.15, -0.1) is 0 Å². The Balaban J connectivity index is 2.01. The molecule has 10 heteroatoms. The standard InChI is InChI=1S/C15H16F3N3O4/c1-19(7-10-3-5-11(25-2)6-4-10)9-21-13(23)12(22)20(14(21)24)8-15(16,17)18/h3-6H,7-9H2,1-2H3. The van der Waals surface area contributed by atoms with Gasteiger partial charge in [0.1, 0.15) is 12.3 Å². The molecule has 1 aliphatic rings. The van der Waals surface area contributed by atoms with Gasteiger partial charge in [0.2, 0.25) is 0 Å². The highest BCUT2D eigenvalue weighted by atomic mass is 19.4. The molecule has 1 aliphatic heterocycles. The van der Waals surface area contributed by atoms with E-state index in [-0.39, 0.29) is 11.6 Å². The smallest absolute Gasteiger partial charge is 0.406 e. The van der Waals surface area contributed by atoms with Gasteiger partial charge in [0.25, 0.3) is 0 Å². The first-order chi connectivity index (χ1) is 11.6. The van der Waals surface area contributed by atoms with Crippen LogP contribution in [0.1, 0.15) is 5.56 Å². The highest BCUT2D eigenvalue weighted by Crippen LogP contribution is 2.21. The third kappa shape index (κ3) is 4.47. The molecule has 1 aromatic rings. The molecule has 0 unspecified atom stereocenters. The Labute approximate surface area is 141 Å². The Morgan fingerprint density at radius 3 is 2.12 bits per heavy atom. The van der Waals surface area contributed by atoms with E-state index in [1.165, 1.54) is 12.0 Å². The summed E-state index contributed by atoms with van der Waals surface area (Å²) < 4.78 is 42.3. The van der Waals surface area contributed by atoms with Crippen LogP contribution < -0.4 is 4.74 Å². The number of imide groups is 2. The summed E-state index contributed by atoms with van der Waals surface area (Å²) in [7, 11) is 3.09. The van der Waals surface area contributed by atoms with Crippen LogP contribution >= 0.6 is 0 Å². The number of halogens is 3. The minimum atomic E-state index is -4.77. The Morgan fingerprint density at radius 1 is 1.04 bits per heavy atom. The van der Waals surface area contributed by atoms with Gasteiger partial charge in [-0.1, -0.05) is 12.1 Å². The van der Waals surface area contributed by atoms with Crippen LogP contribution in [0, 0.1) is 0 Å². The summed E-state index contributed by atoms with van der Waals surface area (Å²) in [4.78, 5) is 37.3. The molecular weight excluding hydrogens is 343 g/mol. The van der Waals surface area contributed by atoms with Crippen molar-refractivity contribution in [1.29, 1.82) is 0 Å². The number of carbonyl (C=O) groups is 3. The second-order valence-corrected chi connectivity index (χ2v) is 5.53. The second kappa shape index (κ2) is 7.09. The quantitative estimate of drug-likeness (QED) is 0.568. The molecule has 0 saturated carbocycles. The molecule has 1 heterocycles. The maximum absolute atomic E-state index is 12.4. The number of amides is 4. The first-order valence-electron chi connectivity index (χ1n) is 7.18. The minimum Gasteiger partial charge on any atom is -0.497 e. The number of alkyl halides is 3. The number of hydrogen-bond acceptors (Lipinski definition) is 5. The van der Waals surface area contributed by atoms with Crippen LogP contribution in [0.5, 0.6) is 5.75 Å². The Morgan fingerprint density at radius 2 is 1.60 bits per heavy atom. The van der Waals surface area contributed by atoms with Crippen LogP contribution in [0.4, 0.5) is 18.0 Å². The summed E-state index contributed by atoms with van der Waals surface area (Å²) in [6.07, 6.45) is -4.77. The SMILES string of the molecule is COc1ccc(CN(C)CN2C(=O)C(=O)N(CC(F)(F)F)C2=O)cc1. The molecule has 1 fully saturated rings. The summed E-state index contributed by atoms with van der Waals surface area (Å²) in [5, 5.41) is 0. The number of rotatable bonds is 6. The van der Waals surface area contributed by atoms with Crippen molar-refractivity contribution in [3.05, 3.63) is 29.8 Å². The molecule has 0 radical (unpaired) electrons. The Bertz CT molecular complexity index is 676. The molecule has 0 aliphatic carbocycles. The number of nitrogens with zero attached hydrogens (tertiary/aromatic N) is 3. The molecule has 0 N–H and O–H groups in total. The van der Waals surface area contributed by atoms with E-state index in [1.54, 1.807) is 31.3 Å². The molecule has 136 valence electrons. The fourth-order valence-electron chi connectivity index (χ4n) is 2.33. The minimum absolute atomic E-state index is 0.0937. The van der Waals surface area contributed by atoms with Crippen LogP contribution in [-0.4, -0.2) is 66.1 Å². The van der Waals surface area contributed by atoms with Crippen molar-refractivity contribution >= 4 is 17.8 Å². The zero-order valence-corrected chi connectivity index (χ0v) is 13.5. The summed E-state index contributed by atoms with van der Waals surface area (Å²) in [6.45, 7) is -1.77. The van der Waals surface area contributed by atoms with Crippen molar-refractivity contribution in [2.24, 2.45) is 0 Å². The normalized spacial score (nSPS) is 15.5. The number of methoxy groups -OCH3 is 1. The Kier molecular flexibility index (Phi) is 5.31. The third-order valence-corrected chi connectivity index (χ3v) is 3.47. The zero-order valence-electron chi connectivity index (χ0n) is 13.5. The lowest BCUT2D eigenvalue weighted by molar-refractivity contribution is -0.156. The maximum atomic E-state index is 12.4. The zero-order chi connectivity index (χ0) is 18.8. The predicted molar refractivity (Wildman–Crippen MR) is 79.3 cm³/mol. The van der Waals surface area contributed by atoms with Gasteiger partial charge in [0.05, 0.1) is 13.8 Å². The van der Waals surface area contributed by atoms with Gasteiger partial charge in [0.15, 0.2) is 0 Å². The first-order valence-corrected chi connectivity index (χ1v) is 7.18. The van der Waals surface area contributed by atoms with Crippen LogP contribution in [0.25, 0.3) is 0 Å². The molecule has 0 bridgehead atoms. The van der Waals surface area contributed by atoms with Crippen LogP contribution in [0.15, 0.2) is 24.3 Å². The molecule has 4 amide bonds. The van der Waals surface area contributed by atoms with Gasteiger partial charge < -0.3 is 4.74 Å². The fraction of sp³-hybridized carbons (Fsp3) is 0.400. The monoisotopic (exact) mass is 359 g/mol. The number of urea groups is 1. The molecule has 25 heavy (non-hydrogen) atoms. The number of benzene rings is 1. The first kappa shape index (κ1) is 18.7. The van der Waals surface area contributed by atoms with Gasteiger partial charge in [-0.2, -0.15) is 13.2 Å². The summed E-state index contributed by atoms with van der Waals surface area (Å²) in [5.41, 5.74) is 0.834. The number of carbonyl (C=O) groups excluding carboxylic acids is 3. The van der Waals surface area contributed by atoms with Crippen LogP contribution in [0.3, 0.4) is 0 Å². The van der Waals surface area contributed by atoms with E-state index in [1.807, 2.05) is 0 Å². The average Bonchev–Trinajstić information content (AvgIpc) is 2.72. The molecule has 7 nitrogen and oxygen atoms in total. The van der Waals surface area contributed by atoms with E-state index in [9.17, 15) is 27.6 Å². The van der Waals surface area contributed by atoms with Crippen molar-refractivity contribution in [3.8, 4) is 5.75 Å². The van der Waals surface area contributed by atoms with Gasteiger partial charge in [-0.3, -0.25) is 14.5 Å². The molecule has 0 aromatic heterocycles. The van der Waals surface area contributed by atoms with Crippen molar-refractivity contribution in [2.45, 2.75) is 12.7 Å². The molecular formula is C15H16F3N3O4. The van der Waals surface area contributed by atoms with E-state index in [4.69, 9.17) is 4.74 Å². The molecule has 0 spiro atoms. The largest absolute Gasteiger partial charge is 0.497 e. The van der Waals surface area contributed by atoms with Crippen LogP contribution in [-0.2, 0) is 16.1 Å². The van der Waals surface area contributed by atoms with E-state index in [0.29, 0.717) is 17.2 Å². The van der Waals surface area contributed by atoms with Crippen LogP contribution in [0.2, 0.25) is 0 Å². The summed E-state index contributed by atoms with van der Waals surface area (Å²) in [5.74, 6) is -2.08. The topological polar surface area (TPSA) is 70.2 Å². The molecule has 1 aromatic carbocycles. The number of hydrogen-bond donors (Lipinski definition) is 0. The number of ether oxygens (including phenoxy) is 1. The maximum Gasteiger partial charge on any atom is 0.406 e. The second-order valence-electron chi connectivity index (χ2n) is 5.53. The van der Waals surface area contributed by atoms with E-state index in [2.05, 4.69) is 0 Å². The van der Waals surface area contributed by atoms with E-state index < -0.39 is 30.6 Å². The van der Waals surface area contributed by atoms with Gasteiger partial charge in [0, 0.05) is 6.54 Å². The highest BCUT2D eigenvalue weighted by molar-refractivity contribution is 6.44. The van der Waals surface area contributed by atoms with Gasteiger partial charge >= 0.3 is 24.0 Å². The lowest BCUT2D eigenvalue weighted by Crippen LogP contribution is -2.42. The van der Waals surface area contributed by atoms with Crippen molar-refractivity contribution in [3.63, 3.8) is 0 Å².